The van der Waals surface area contributed by atoms with Gasteiger partial charge in [0.15, 0.2) is 11.5 Å². The van der Waals surface area contributed by atoms with Gasteiger partial charge in [-0.3, -0.25) is 19.7 Å². The molecule has 1 aromatic carbocycles. The minimum absolute atomic E-state index is 0.0463. The molecule has 27 heavy (non-hydrogen) atoms. The van der Waals surface area contributed by atoms with Gasteiger partial charge in [-0.05, 0) is 12.8 Å². The first-order chi connectivity index (χ1) is 12.9. The van der Waals surface area contributed by atoms with Crippen molar-refractivity contribution in [3.8, 4) is 11.5 Å². The third kappa shape index (κ3) is 3.52. The van der Waals surface area contributed by atoms with Crippen molar-refractivity contribution in [2.45, 2.75) is 12.8 Å². The van der Waals surface area contributed by atoms with E-state index in [1.807, 2.05) is 0 Å². The highest BCUT2D eigenvalue weighted by Gasteiger charge is 2.44. The largest absolute Gasteiger partial charge is 0.486 e. The summed E-state index contributed by atoms with van der Waals surface area (Å²) in [5.74, 6) is -1.20. The third-order valence-electron chi connectivity index (χ3n) is 4.83. The van der Waals surface area contributed by atoms with E-state index in [0.717, 1.165) is 0 Å². The van der Waals surface area contributed by atoms with Crippen LogP contribution in [0.5, 0.6) is 11.5 Å². The molecule has 0 aliphatic carbocycles. The van der Waals surface area contributed by atoms with Crippen LogP contribution in [0.3, 0.4) is 0 Å². The number of hydrogen-bond donors (Lipinski definition) is 1. The number of amides is 1. The van der Waals surface area contributed by atoms with E-state index in [1.165, 1.54) is 24.1 Å². The zero-order chi connectivity index (χ0) is 19.6. The van der Waals surface area contributed by atoms with Crippen molar-refractivity contribution < 1.29 is 33.8 Å². The minimum atomic E-state index is -1.23. The van der Waals surface area contributed by atoms with Crippen LogP contribution in [0.1, 0.15) is 23.2 Å². The minimum Gasteiger partial charge on any atom is -0.486 e. The number of carbonyl (C=O) groups is 2. The standard InChI is InChI=1S/C17H20N2O8/c1-25-10-17(16(21)22)3-2-4-18(9-17)15(20)11-7-13-14(27-6-5-26-13)8-12(11)19(23)24/h7-8H,2-6,9-10H2,1H3,(H,21,22). The predicted octanol–water partition coefficient (Wildman–Crippen LogP) is 1.32. The quantitative estimate of drug-likeness (QED) is 0.598. The van der Waals surface area contributed by atoms with Gasteiger partial charge in [0.05, 0.1) is 17.6 Å². The Labute approximate surface area is 154 Å². The van der Waals surface area contributed by atoms with Gasteiger partial charge < -0.3 is 24.2 Å². The SMILES string of the molecule is COCC1(C(=O)O)CCCN(C(=O)c2cc3c(cc2[N+](=O)[O-])OCCO3)C1. The van der Waals surface area contributed by atoms with Gasteiger partial charge in [0.25, 0.3) is 11.6 Å². The van der Waals surface area contributed by atoms with Crippen molar-refractivity contribution >= 4 is 17.6 Å². The molecule has 1 aromatic rings. The second kappa shape index (κ2) is 7.39. The fourth-order valence-corrected chi connectivity index (χ4v) is 3.51. The summed E-state index contributed by atoms with van der Waals surface area (Å²) in [6.45, 7) is 0.721. The topological polar surface area (TPSA) is 128 Å². The molecule has 10 nitrogen and oxygen atoms in total. The number of hydrogen-bond acceptors (Lipinski definition) is 7. The van der Waals surface area contributed by atoms with Gasteiger partial charge in [-0.15, -0.1) is 0 Å². The Hall–Kier alpha value is -2.88. The summed E-state index contributed by atoms with van der Waals surface area (Å²) in [7, 11) is 1.40. The average Bonchev–Trinajstić information content (AvgIpc) is 2.66. The molecule has 1 saturated heterocycles. The van der Waals surface area contributed by atoms with Crippen LogP contribution in [0.15, 0.2) is 12.1 Å². The molecule has 1 atom stereocenters. The summed E-state index contributed by atoms with van der Waals surface area (Å²) < 4.78 is 15.8. The van der Waals surface area contributed by atoms with Crippen LogP contribution in [-0.4, -0.2) is 66.8 Å². The van der Waals surface area contributed by atoms with Gasteiger partial charge >= 0.3 is 5.97 Å². The molecule has 1 amide bonds. The number of nitro benzene ring substituents is 1. The molecule has 1 unspecified atom stereocenters. The number of nitrogens with zero attached hydrogens (tertiary/aromatic N) is 2. The maximum Gasteiger partial charge on any atom is 0.313 e. The Bertz CT molecular complexity index is 776. The number of piperidine rings is 1. The fourth-order valence-electron chi connectivity index (χ4n) is 3.51. The molecule has 10 heteroatoms. The monoisotopic (exact) mass is 380 g/mol. The molecule has 1 fully saturated rings. The molecular formula is C17H20N2O8. The number of ether oxygens (including phenoxy) is 3. The molecule has 3 rings (SSSR count). The first kappa shape index (κ1) is 18.9. The first-order valence-electron chi connectivity index (χ1n) is 8.47. The van der Waals surface area contributed by atoms with E-state index in [9.17, 15) is 24.8 Å². The normalized spacial score (nSPS) is 21.6. The Morgan fingerprint density at radius 1 is 1.33 bits per heavy atom. The van der Waals surface area contributed by atoms with Crippen molar-refractivity contribution in [3.63, 3.8) is 0 Å². The lowest BCUT2D eigenvalue weighted by molar-refractivity contribution is -0.385. The number of carboxylic acid groups (broad SMARTS) is 1. The van der Waals surface area contributed by atoms with Gasteiger partial charge in [-0.1, -0.05) is 0 Å². The number of benzene rings is 1. The smallest absolute Gasteiger partial charge is 0.313 e. The maximum atomic E-state index is 13.0. The zero-order valence-electron chi connectivity index (χ0n) is 14.8. The zero-order valence-corrected chi connectivity index (χ0v) is 14.8. The Balaban J connectivity index is 1.95. The molecule has 146 valence electrons. The molecule has 2 heterocycles. The predicted molar refractivity (Wildman–Crippen MR) is 91.2 cm³/mol. The van der Waals surface area contributed by atoms with E-state index < -0.39 is 27.9 Å². The second-order valence-corrected chi connectivity index (χ2v) is 6.62. The average molecular weight is 380 g/mol. The Morgan fingerprint density at radius 3 is 2.59 bits per heavy atom. The first-order valence-corrected chi connectivity index (χ1v) is 8.47. The fraction of sp³-hybridized carbons (Fsp3) is 0.529. The molecule has 0 spiro atoms. The van der Waals surface area contributed by atoms with Crippen LogP contribution in [-0.2, 0) is 9.53 Å². The van der Waals surface area contributed by atoms with E-state index in [0.29, 0.717) is 19.4 Å². The van der Waals surface area contributed by atoms with E-state index in [4.69, 9.17) is 14.2 Å². The number of carbonyl (C=O) groups excluding carboxylic acids is 1. The maximum absolute atomic E-state index is 13.0. The summed E-state index contributed by atoms with van der Waals surface area (Å²) >= 11 is 0. The van der Waals surface area contributed by atoms with E-state index >= 15 is 0 Å². The Kier molecular flexibility index (Phi) is 5.17. The summed E-state index contributed by atoms with van der Waals surface area (Å²) in [6.07, 6.45) is 0.822. The number of carboxylic acids is 1. The van der Waals surface area contributed by atoms with Crippen LogP contribution in [0.25, 0.3) is 0 Å². The Morgan fingerprint density at radius 2 is 2.00 bits per heavy atom. The highest BCUT2D eigenvalue weighted by Crippen LogP contribution is 2.38. The third-order valence-corrected chi connectivity index (χ3v) is 4.83. The lowest BCUT2D eigenvalue weighted by Gasteiger charge is -2.39. The highest BCUT2D eigenvalue weighted by molar-refractivity contribution is 5.99. The van der Waals surface area contributed by atoms with Gasteiger partial charge in [-0.25, -0.2) is 0 Å². The van der Waals surface area contributed by atoms with Crippen molar-refractivity contribution in [2.24, 2.45) is 5.41 Å². The molecule has 2 aliphatic rings. The van der Waals surface area contributed by atoms with Crippen molar-refractivity contribution in [3.05, 3.63) is 27.8 Å². The number of likely N-dealkylation sites (tertiary alicyclic amines) is 1. The van der Waals surface area contributed by atoms with Gasteiger partial charge in [0.2, 0.25) is 0 Å². The van der Waals surface area contributed by atoms with Gasteiger partial charge in [0.1, 0.15) is 24.2 Å². The lowest BCUT2D eigenvalue weighted by Crippen LogP contribution is -2.52. The molecule has 0 saturated carbocycles. The van der Waals surface area contributed by atoms with Crippen LogP contribution in [0, 0.1) is 15.5 Å². The van der Waals surface area contributed by atoms with Gasteiger partial charge in [-0.2, -0.15) is 0 Å². The number of aliphatic carboxylic acids is 1. The van der Waals surface area contributed by atoms with Crippen molar-refractivity contribution in [2.75, 3.05) is 40.0 Å². The van der Waals surface area contributed by atoms with Gasteiger partial charge in [0, 0.05) is 26.3 Å². The van der Waals surface area contributed by atoms with Crippen molar-refractivity contribution in [1.29, 1.82) is 0 Å². The van der Waals surface area contributed by atoms with Crippen LogP contribution < -0.4 is 9.47 Å². The summed E-state index contributed by atoms with van der Waals surface area (Å²) in [4.78, 5) is 36.9. The lowest BCUT2D eigenvalue weighted by atomic mass is 9.80. The molecular weight excluding hydrogens is 360 g/mol. The van der Waals surface area contributed by atoms with E-state index in [2.05, 4.69) is 0 Å². The second-order valence-electron chi connectivity index (χ2n) is 6.62. The summed E-state index contributed by atoms with van der Waals surface area (Å²) in [6, 6.07) is 2.47. The number of nitro groups is 1. The molecule has 0 aromatic heterocycles. The van der Waals surface area contributed by atoms with Crippen LogP contribution in [0.4, 0.5) is 5.69 Å². The van der Waals surface area contributed by atoms with E-state index in [1.54, 1.807) is 0 Å². The molecule has 0 bridgehead atoms. The molecule has 0 radical (unpaired) electrons. The molecule has 2 aliphatic heterocycles. The summed E-state index contributed by atoms with van der Waals surface area (Å²) in [5, 5.41) is 21.1. The summed E-state index contributed by atoms with van der Waals surface area (Å²) in [5.41, 5.74) is -1.78. The van der Waals surface area contributed by atoms with Crippen molar-refractivity contribution in [1.82, 2.24) is 4.90 Å². The van der Waals surface area contributed by atoms with Crippen LogP contribution >= 0.6 is 0 Å². The number of fused-ring (bicyclic) bond motifs is 1. The molecule has 1 N–H and O–H groups in total. The number of methoxy groups -OCH3 is 1. The van der Waals surface area contributed by atoms with E-state index in [-0.39, 0.29) is 43.4 Å². The number of rotatable bonds is 5. The van der Waals surface area contributed by atoms with Crippen LogP contribution in [0.2, 0.25) is 0 Å². The highest BCUT2D eigenvalue weighted by atomic mass is 16.6.